The Labute approximate surface area is 106 Å². The van der Waals surface area contributed by atoms with Gasteiger partial charge in [-0.2, -0.15) is 0 Å². The average Bonchev–Trinajstić information content (AvgIpc) is 2.28. The first-order chi connectivity index (χ1) is 8.24. The summed E-state index contributed by atoms with van der Waals surface area (Å²) < 4.78 is 0. The minimum atomic E-state index is -0.867. The summed E-state index contributed by atoms with van der Waals surface area (Å²) in [6.45, 7) is 4.96. The van der Waals surface area contributed by atoms with Crippen molar-refractivity contribution in [3.8, 4) is 0 Å². The van der Waals surface area contributed by atoms with Crippen LogP contribution in [-0.2, 0) is 16.0 Å². The van der Waals surface area contributed by atoms with Gasteiger partial charge in [-0.25, -0.2) is 0 Å². The lowest BCUT2D eigenvalue weighted by molar-refractivity contribution is -0.146. The molecule has 0 radical (unpaired) electrons. The van der Waals surface area contributed by atoms with Crippen molar-refractivity contribution >= 4 is 11.9 Å². The van der Waals surface area contributed by atoms with Gasteiger partial charge in [0.2, 0.25) is 0 Å². The highest BCUT2D eigenvalue weighted by molar-refractivity contribution is 5.75. The van der Waals surface area contributed by atoms with E-state index in [4.69, 9.17) is 10.2 Å². The van der Waals surface area contributed by atoms with Crippen LogP contribution in [0.2, 0.25) is 0 Å². The van der Waals surface area contributed by atoms with Crippen LogP contribution < -0.4 is 0 Å². The van der Waals surface area contributed by atoms with Gasteiger partial charge in [-0.3, -0.25) is 9.59 Å². The second-order valence-electron chi connectivity index (χ2n) is 5.17. The Morgan fingerprint density at radius 3 is 2.06 bits per heavy atom. The van der Waals surface area contributed by atoms with Crippen LogP contribution in [0, 0.1) is 5.41 Å². The first kappa shape index (κ1) is 14.2. The summed E-state index contributed by atoms with van der Waals surface area (Å²) in [5.41, 5.74) is 0.794. The summed E-state index contributed by atoms with van der Waals surface area (Å²) >= 11 is 0. The fraction of sp³-hybridized carbons (Fsp3) is 0.429. The third-order valence-corrected chi connectivity index (χ3v) is 3.08. The van der Waals surface area contributed by atoms with Crippen molar-refractivity contribution in [2.45, 2.75) is 33.1 Å². The molecule has 1 rings (SSSR count). The number of hydrogen-bond acceptors (Lipinski definition) is 2. The molecule has 4 heteroatoms. The lowest BCUT2D eigenvalue weighted by Crippen LogP contribution is -2.26. The largest absolute Gasteiger partial charge is 0.481 e. The van der Waals surface area contributed by atoms with Crippen molar-refractivity contribution in [1.82, 2.24) is 0 Å². The summed E-state index contributed by atoms with van der Waals surface area (Å²) in [5, 5.41) is 17.9. The van der Waals surface area contributed by atoms with E-state index in [2.05, 4.69) is 0 Å². The topological polar surface area (TPSA) is 74.6 Å². The van der Waals surface area contributed by atoms with E-state index >= 15 is 0 Å². The molecule has 0 saturated carbocycles. The van der Waals surface area contributed by atoms with E-state index in [-0.39, 0.29) is 0 Å². The smallest absolute Gasteiger partial charge is 0.310 e. The Balaban J connectivity index is 2.84. The van der Waals surface area contributed by atoms with E-state index in [1.807, 2.05) is 0 Å². The van der Waals surface area contributed by atoms with Gasteiger partial charge < -0.3 is 10.2 Å². The minimum absolute atomic E-state index is 0.421. The van der Waals surface area contributed by atoms with Crippen molar-refractivity contribution < 1.29 is 19.8 Å². The van der Waals surface area contributed by atoms with Gasteiger partial charge in [0.15, 0.2) is 0 Å². The van der Waals surface area contributed by atoms with Gasteiger partial charge >= 0.3 is 11.9 Å². The fourth-order valence-electron chi connectivity index (χ4n) is 1.65. The first-order valence-electron chi connectivity index (χ1n) is 5.79. The Bertz CT molecular complexity index is 445. The Morgan fingerprint density at radius 2 is 1.67 bits per heavy atom. The number of carboxylic acid groups (broad SMARTS) is 2. The Kier molecular flexibility index (Phi) is 4.11. The van der Waals surface area contributed by atoms with Gasteiger partial charge in [-0.15, -0.1) is 0 Å². The van der Waals surface area contributed by atoms with Crippen LogP contribution in [-0.4, -0.2) is 22.2 Å². The molecule has 0 heterocycles. The van der Waals surface area contributed by atoms with Crippen molar-refractivity contribution in [3.63, 3.8) is 0 Å². The lowest BCUT2D eigenvalue weighted by atomic mass is 9.85. The standard InChI is InChI=1S/C14H18O4/c1-9(12(15)16)11-6-4-10(5-7-11)8-14(2,3)13(17)18/h4-7,9H,8H2,1-3H3,(H,15,16)(H,17,18)/t9-/m0/s1. The fourth-order valence-corrected chi connectivity index (χ4v) is 1.65. The van der Waals surface area contributed by atoms with Crippen molar-refractivity contribution in [2.24, 2.45) is 5.41 Å². The summed E-state index contributed by atoms with van der Waals surface area (Å²) in [6, 6.07) is 7.07. The predicted molar refractivity (Wildman–Crippen MR) is 67.6 cm³/mol. The van der Waals surface area contributed by atoms with E-state index in [0.29, 0.717) is 6.42 Å². The Morgan fingerprint density at radius 1 is 1.17 bits per heavy atom. The molecule has 1 atom stereocenters. The van der Waals surface area contributed by atoms with Crippen LogP contribution in [0.15, 0.2) is 24.3 Å². The molecule has 18 heavy (non-hydrogen) atoms. The highest BCUT2D eigenvalue weighted by Gasteiger charge is 2.27. The van der Waals surface area contributed by atoms with Crippen LogP contribution in [0.3, 0.4) is 0 Å². The number of carboxylic acids is 2. The molecule has 0 aliphatic carbocycles. The zero-order valence-corrected chi connectivity index (χ0v) is 10.8. The molecular formula is C14H18O4. The number of aliphatic carboxylic acids is 2. The molecule has 0 fully saturated rings. The van der Waals surface area contributed by atoms with Gasteiger partial charge in [0.05, 0.1) is 11.3 Å². The molecule has 0 bridgehead atoms. The molecule has 1 aromatic rings. The summed E-state index contributed by atoms with van der Waals surface area (Å²) in [6.07, 6.45) is 0.421. The molecule has 98 valence electrons. The molecule has 0 spiro atoms. The third-order valence-electron chi connectivity index (χ3n) is 3.08. The molecule has 0 saturated heterocycles. The monoisotopic (exact) mass is 250 g/mol. The maximum absolute atomic E-state index is 11.0. The molecule has 1 aromatic carbocycles. The second-order valence-corrected chi connectivity index (χ2v) is 5.17. The first-order valence-corrected chi connectivity index (χ1v) is 5.79. The number of carbonyl (C=O) groups is 2. The zero-order chi connectivity index (χ0) is 13.9. The quantitative estimate of drug-likeness (QED) is 0.842. The lowest BCUT2D eigenvalue weighted by Gasteiger charge is -2.19. The van der Waals surface area contributed by atoms with Gasteiger partial charge in [0.25, 0.3) is 0 Å². The van der Waals surface area contributed by atoms with E-state index < -0.39 is 23.3 Å². The van der Waals surface area contributed by atoms with E-state index in [1.54, 1.807) is 45.0 Å². The molecule has 0 aliphatic rings. The molecule has 2 N–H and O–H groups in total. The van der Waals surface area contributed by atoms with Crippen LogP contribution >= 0.6 is 0 Å². The van der Waals surface area contributed by atoms with Crippen LogP contribution in [0.25, 0.3) is 0 Å². The molecular weight excluding hydrogens is 232 g/mol. The number of benzene rings is 1. The summed E-state index contributed by atoms with van der Waals surface area (Å²) in [5.74, 6) is -2.26. The van der Waals surface area contributed by atoms with Crippen molar-refractivity contribution in [2.75, 3.05) is 0 Å². The maximum atomic E-state index is 11.0. The number of rotatable bonds is 5. The normalized spacial score (nSPS) is 13.1. The van der Waals surface area contributed by atoms with Gasteiger partial charge in [0.1, 0.15) is 0 Å². The molecule has 4 nitrogen and oxygen atoms in total. The SMILES string of the molecule is C[C@H](C(=O)O)c1ccc(CC(C)(C)C(=O)O)cc1. The maximum Gasteiger partial charge on any atom is 0.310 e. The van der Waals surface area contributed by atoms with E-state index in [0.717, 1.165) is 11.1 Å². The number of hydrogen-bond donors (Lipinski definition) is 2. The van der Waals surface area contributed by atoms with Crippen molar-refractivity contribution in [1.29, 1.82) is 0 Å². The van der Waals surface area contributed by atoms with E-state index in [1.165, 1.54) is 0 Å². The highest BCUT2D eigenvalue weighted by Crippen LogP contribution is 2.23. The summed E-state index contributed by atoms with van der Waals surface area (Å²) in [7, 11) is 0. The van der Waals surface area contributed by atoms with Crippen LogP contribution in [0.5, 0.6) is 0 Å². The zero-order valence-electron chi connectivity index (χ0n) is 10.8. The van der Waals surface area contributed by atoms with Crippen LogP contribution in [0.4, 0.5) is 0 Å². The second kappa shape index (κ2) is 5.21. The minimum Gasteiger partial charge on any atom is -0.481 e. The van der Waals surface area contributed by atoms with Gasteiger partial charge in [-0.05, 0) is 38.3 Å². The third kappa shape index (κ3) is 3.32. The summed E-state index contributed by atoms with van der Waals surface area (Å²) in [4.78, 5) is 21.8. The molecule has 0 unspecified atom stereocenters. The Hall–Kier alpha value is -1.84. The molecule has 0 aromatic heterocycles. The molecule has 0 amide bonds. The van der Waals surface area contributed by atoms with Gasteiger partial charge in [0, 0.05) is 0 Å². The molecule has 0 aliphatic heterocycles. The predicted octanol–water partition coefficient (Wildman–Crippen LogP) is 2.53. The van der Waals surface area contributed by atoms with Gasteiger partial charge in [-0.1, -0.05) is 24.3 Å². The van der Waals surface area contributed by atoms with Crippen LogP contribution in [0.1, 0.15) is 37.8 Å². The van der Waals surface area contributed by atoms with E-state index in [9.17, 15) is 9.59 Å². The highest BCUT2D eigenvalue weighted by atomic mass is 16.4. The average molecular weight is 250 g/mol. The van der Waals surface area contributed by atoms with Crippen molar-refractivity contribution in [3.05, 3.63) is 35.4 Å².